The highest BCUT2D eigenvalue weighted by atomic mass is 35.5. The summed E-state index contributed by atoms with van der Waals surface area (Å²) in [6.45, 7) is 3.52. The molecule has 0 atom stereocenters. The van der Waals surface area contributed by atoms with Gasteiger partial charge in [-0.25, -0.2) is 4.39 Å². The summed E-state index contributed by atoms with van der Waals surface area (Å²) < 4.78 is 13.9. The van der Waals surface area contributed by atoms with E-state index in [1.807, 2.05) is 0 Å². The number of nitrogens with one attached hydrogen (secondary N) is 1. The molecule has 0 heterocycles. The Kier molecular flexibility index (Phi) is 6.17. The third-order valence-corrected chi connectivity index (χ3v) is 4.22. The summed E-state index contributed by atoms with van der Waals surface area (Å²) in [5.41, 5.74) is 5.43. The number of carbonyl (C=O) groups is 1. The van der Waals surface area contributed by atoms with Crippen LogP contribution in [0.3, 0.4) is 0 Å². The molecule has 0 bridgehead atoms. The molecule has 0 spiro atoms. The second-order valence-electron chi connectivity index (χ2n) is 6.19. The Morgan fingerprint density at radius 1 is 1.24 bits per heavy atom. The van der Waals surface area contributed by atoms with Gasteiger partial charge in [0.05, 0.1) is 5.41 Å². The van der Waals surface area contributed by atoms with E-state index in [0.29, 0.717) is 5.56 Å². The largest absolute Gasteiger partial charge is 0.353 e. The third kappa shape index (κ3) is 4.17. The minimum Gasteiger partial charge on any atom is -0.353 e. The van der Waals surface area contributed by atoms with Gasteiger partial charge in [0.1, 0.15) is 5.82 Å². The molecule has 118 valence electrons. The Hall–Kier alpha value is -1.13. The SMILES string of the molecule is CC(C)(C(=O)NC1CCC(N)CC1)c1ccccc1F.Cl. The lowest BCUT2D eigenvalue weighted by atomic mass is 9.82. The number of hydrogen-bond donors (Lipinski definition) is 2. The summed E-state index contributed by atoms with van der Waals surface area (Å²) in [7, 11) is 0. The molecule has 0 aliphatic heterocycles. The molecule has 2 rings (SSSR count). The second kappa shape index (κ2) is 7.23. The van der Waals surface area contributed by atoms with Gasteiger partial charge in [-0.3, -0.25) is 4.79 Å². The molecule has 1 aromatic carbocycles. The molecule has 1 aliphatic rings. The van der Waals surface area contributed by atoms with Crippen LogP contribution in [-0.2, 0) is 10.2 Å². The average Bonchev–Trinajstić information content (AvgIpc) is 2.41. The molecule has 3 nitrogen and oxygen atoms in total. The molecular formula is C16H24ClFN2O. The second-order valence-corrected chi connectivity index (χ2v) is 6.19. The smallest absolute Gasteiger partial charge is 0.230 e. The predicted octanol–water partition coefficient (Wildman–Crippen LogP) is 2.91. The number of carbonyl (C=O) groups excluding carboxylic acids is 1. The van der Waals surface area contributed by atoms with Crippen LogP contribution in [-0.4, -0.2) is 18.0 Å². The first-order valence-electron chi connectivity index (χ1n) is 7.23. The quantitative estimate of drug-likeness (QED) is 0.901. The summed E-state index contributed by atoms with van der Waals surface area (Å²) in [5, 5.41) is 3.04. The average molecular weight is 315 g/mol. The standard InChI is InChI=1S/C16H23FN2O.ClH/c1-16(2,13-5-3-4-6-14(13)17)15(20)19-12-9-7-11(18)8-10-12;/h3-6,11-12H,7-10,18H2,1-2H3,(H,19,20);1H. The van der Waals surface area contributed by atoms with E-state index < -0.39 is 5.41 Å². The van der Waals surface area contributed by atoms with Gasteiger partial charge >= 0.3 is 0 Å². The molecular weight excluding hydrogens is 291 g/mol. The Morgan fingerprint density at radius 3 is 2.38 bits per heavy atom. The summed E-state index contributed by atoms with van der Waals surface area (Å²) in [6, 6.07) is 6.87. The van der Waals surface area contributed by atoms with Crippen molar-refractivity contribution in [3.8, 4) is 0 Å². The number of benzene rings is 1. The van der Waals surface area contributed by atoms with Crippen LogP contribution in [0, 0.1) is 5.82 Å². The van der Waals surface area contributed by atoms with Gasteiger partial charge in [0.15, 0.2) is 0 Å². The van der Waals surface area contributed by atoms with E-state index >= 15 is 0 Å². The maximum atomic E-state index is 13.9. The van der Waals surface area contributed by atoms with E-state index in [2.05, 4.69) is 5.32 Å². The van der Waals surface area contributed by atoms with Crippen molar-refractivity contribution < 1.29 is 9.18 Å². The number of nitrogens with two attached hydrogens (primary N) is 1. The highest BCUT2D eigenvalue weighted by Crippen LogP contribution is 2.27. The van der Waals surface area contributed by atoms with Gasteiger partial charge in [0.25, 0.3) is 0 Å². The molecule has 21 heavy (non-hydrogen) atoms. The van der Waals surface area contributed by atoms with Crippen molar-refractivity contribution >= 4 is 18.3 Å². The molecule has 1 amide bonds. The van der Waals surface area contributed by atoms with E-state index in [1.165, 1.54) is 6.07 Å². The lowest BCUT2D eigenvalue weighted by Gasteiger charge is -2.31. The first-order chi connectivity index (χ1) is 9.41. The first kappa shape index (κ1) is 17.9. The van der Waals surface area contributed by atoms with Crippen LogP contribution in [0.2, 0.25) is 0 Å². The van der Waals surface area contributed by atoms with Gasteiger partial charge in [-0.1, -0.05) is 18.2 Å². The summed E-state index contributed by atoms with van der Waals surface area (Å²) in [6.07, 6.45) is 3.68. The normalized spacial score (nSPS) is 22.3. The van der Waals surface area contributed by atoms with Crippen LogP contribution in [0.1, 0.15) is 45.1 Å². The molecule has 0 radical (unpaired) electrons. The van der Waals surface area contributed by atoms with Crippen LogP contribution in [0.5, 0.6) is 0 Å². The molecule has 1 aliphatic carbocycles. The maximum absolute atomic E-state index is 13.9. The number of rotatable bonds is 3. The fourth-order valence-corrected chi connectivity index (χ4v) is 2.72. The van der Waals surface area contributed by atoms with Crippen molar-refractivity contribution in [1.29, 1.82) is 0 Å². The predicted molar refractivity (Wildman–Crippen MR) is 85.0 cm³/mol. The van der Waals surface area contributed by atoms with Crippen molar-refractivity contribution in [3.05, 3.63) is 35.6 Å². The summed E-state index contributed by atoms with van der Waals surface area (Å²) >= 11 is 0. The van der Waals surface area contributed by atoms with Crippen LogP contribution < -0.4 is 11.1 Å². The van der Waals surface area contributed by atoms with Crippen molar-refractivity contribution in [2.24, 2.45) is 5.73 Å². The van der Waals surface area contributed by atoms with Gasteiger partial charge < -0.3 is 11.1 Å². The lowest BCUT2D eigenvalue weighted by Crippen LogP contribution is -2.47. The monoisotopic (exact) mass is 314 g/mol. The summed E-state index contributed by atoms with van der Waals surface area (Å²) in [4.78, 5) is 12.5. The van der Waals surface area contributed by atoms with E-state index in [4.69, 9.17) is 5.73 Å². The molecule has 0 unspecified atom stereocenters. The number of amides is 1. The maximum Gasteiger partial charge on any atom is 0.230 e. The Balaban J connectivity index is 0.00000220. The van der Waals surface area contributed by atoms with Crippen molar-refractivity contribution in [2.75, 3.05) is 0 Å². The van der Waals surface area contributed by atoms with Crippen LogP contribution in [0.4, 0.5) is 4.39 Å². The topological polar surface area (TPSA) is 55.1 Å². The zero-order valence-corrected chi connectivity index (χ0v) is 13.4. The van der Waals surface area contributed by atoms with Gasteiger partial charge in [-0.05, 0) is 45.6 Å². The zero-order chi connectivity index (χ0) is 14.8. The zero-order valence-electron chi connectivity index (χ0n) is 12.6. The molecule has 1 fully saturated rings. The van der Waals surface area contributed by atoms with Gasteiger partial charge in [0.2, 0.25) is 5.91 Å². The fourth-order valence-electron chi connectivity index (χ4n) is 2.72. The molecule has 0 aromatic heterocycles. The minimum absolute atomic E-state index is 0. The molecule has 0 saturated heterocycles. The van der Waals surface area contributed by atoms with Crippen molar-refractivity contribution in [2.45, 2.75) is 57.0 Å². The Bertz CT molecular complexity index is 485. The number of halogens is 2. The number of hydrogen-bond acceptors (Lipinski definition) is 2. The van der Waals surface area contributed by atoms with E-state index in [-0.39, 0.29) is 36.2 Å². The third-order valence-electron chi connectivity index (χ3n) is 4.22. The summed E-state index contributed by atoms with van der Waals surface area (Å²) in [5.74, 6) is -0.457. The van der Waals surface area contributed by atoms with Gasteiger partial charge in [0, 0.05) is 17.6 Å². The van der Waals surface area contributed by atoms with Crippen LogP contribution in [0.25, 0.3) is 0 Å². The fraction of sp³-hybridized carbons (Fsp3) is 0.562. The molecule has 1 saturated carbocycles. The Morgan fingerprint density at radius 2 is 1.81 bits per heavy atom. The highest BCUT2D eigenvalue weighted by molar-refractivity contribution is 5.87. The van der Waals surface area contributed by atoms with Gasteiger partial charge in [-0.2, -0.15) is 0 Å². The van der Waals surface area contributed by atoms with Crippen LogP contribution >= 0.6 is 12.4 Å². The van der Waals surface area contributed by atoms with Crippen molar-refractivity contribution in [1.82, 2.24) is 5.32 Å². The highest BCUT2D eigenvalue weighted by Gasteiger charge is 2.34. The molecule has 1 aromatic rings. The Labute approximate surface area is 131 Å². The van der Waals surface area contributed by atoms with Crippen molar-refractivity contribution in [3.63, 3.8) is 0 Å². The van der Waals surface area contributed by atoms with Crippen LogP contribution in [0.15, 0.2) is 24.3 Å². The lowest BCUT2D eigenvalue weighted by molar-refractivity contribution is -0.126. The molecule has 3 N–H and O–H groups in total. The van der Waals surface area contributed by atoms with E-state index in [0.717, 1.165) is 25.7 Å². The van der Waals surface area contributed by atoms with E-state index in [1.54, 1.807) is 32.0 Å². The van der Waals surface area contributed by atoms with E-state index in [9.17, 15) is 9.18 Å². The van der Waals surface area contributed by atoms with Gasteiger partial charge in [-0.15, -0.1) is 12.4 Å². The minimum atomic E-state index is -0.870. The first-order valence-corrected chi connectivity index (χ1v) is 7.23. The molecule has 5 heteroatoms.